The van der Waals surface area contributed by atoms with Crippen molar-refractivity contribution in [2.75, 3.05) is 13.7 Å². The molecule has 86 valence electrons. The first-order valence-corrected chi connectivity index (χ1v) is 5.55. The van der Waals surface area contributed by atoms with E-state index in [-0.39, 0.29) is 11.1 Å². The van der Waals surface area contributed by atoms with E-state index in [4.69, 9.17) is 16.3 Å². The zero-order valence-corrected chi connectivity index (χ0v) is 9.72. The molecule has 1 heterocycles. The second-order valence-corrected chi connectivity index (χ2v) is 4.05. The van der Waals surface area contributed by atoms with Crippen LogP contribution >= 0.6 is 11.6 Å². The molecule has 0 saturated heterocycles. The highest BCUT2D eigenvalue weighted by Gasteiger charge is 2.19. The molecule has 0 spiro atoms. The first-order chi connectivity index (χ1) is 7.72. The van der Waals surface area contributed by atoms with Crippen molar-refractivity contribution < 1.29 is 9.13 Å². The molecule has 1 unspecified atom stereocenters. The van der Waals surface area contributed by atoms with Crippen LogP contribution in [0.2, 0.25) is 5.02 Å². The SMILES string of the molecule is CNC(C1=CCCO1)c1ccc(Cl)c(F)c1. The number of rotatable bonds is 3. The predicted octanol–water partition coefficient (Wildman–Crippen LogP) is 3.04. The molecule has 1 aliphatic rings. The van der Waals surface area contributed by atoms with Gasteiger partial charge in [0, 0.05) is 6.42 Å². The maximum absolute atomic E-state index is 13.3. The highest BCUT2D eigenvalue weighted by Crippen LogP contribution is 2.28. The van der Waals surface area contributed by atoms with Crippen LogP contribution in [0.4, 0.5) is 4.39 Å². The van der Waals surface area contributed by atoms with Gasteiger partial charge >= 0.3 is 0 Å². The van der Waals surface area contributed by atoms with Gasteiger partial charge in [0.25, 0.3) is 0 Å². The number of nitrogens with one attached hydrogen (secondary N) is 1. The van der Waals surface area contributed by atoms with Crippen molar-refractivity contribution in [3.63, 3.8) is 0 Å². The standard InChI is InChI=1S/C12H13ClFNO/c1-15-12(11-3-2-6-16-11)8-4-5-9(13)10(14)7-8/h3-5,7,12,15H,2,6H2,1H3. The Hall–Kier alpha value is -1.06. The first kappa shape index (κ1) is 11.4. The lowest BCUT2D eigenvalue weighted by molar-refractivity contribution is 0.218. The lowest BCUT2D eigenvalue weighted by Gasteiger charge is -2.18. The number of hydrogen-bond donors (Lipinski definition) is 1. The van der Waals surface area contributed by atoms with Gasteiger partial charge in [-0.25, -0.2) is 4.39 Å². The molecule has 0 bridgehead atoms. The second kappa shape index (κ2) is 4.85. The summed E-state index contributed by atoms with van der Waals surface area (Å²) in [6.07, 6.45) is 2.93. The highest BCUT2D eigenvalue weighted by molar-refractivity contribution is 6.30. The van der Waals surface area contributed by atoms with E-state index in [2.05, 4.69) is 5.32 Å². The molecule has 1 atom stereocenters. The van der Waals surface area contributed by atoms with Crippen LogP contribution in [0.1, 0.15) is 18.0 Å². The van der Waals surface area contributed by atoms with Gasteiger partial charge in [-0.2, -0.15) is 0 Å². The van der Waals surface area contributed by atoms with Gasteiger partial charge in [0.05, 0.1) is 17.7 Å². The first-order valence-electron chi connectivity index (χ1n) is 5.17. The summed E-state index contributed by atoms with van der Waals surface area (Å²) < 4.78 is 18.8. The Morgan fingerprint density at radius 3 is 2.88 bits per heavy atom. The molecule has 0 amide bonds. The van der Waals surface area contributed by atoms with E-state index in [1.54, 1.807) is 12.1 Å². The van der Waals surface area contributed by atoms with Gasteiger partial charge in [0.15, 0.2) is 0 Å². The van der Waals surface area contributed by atoms with E-state index in [1.165, 1.54) is 6.07 Å². The summed E-state index contributed by atoms with van der Waals surface area (Å²) in [5, 5.41) is 3.24. The number of likely N-dealkylation sites (N-methyl/N-ethyl adjacent to an activating group) is 1. The minimum absolute atomic E-state index is 0.103. The Kier molecular flexibility index (Phi) is 3.46. The molecule has 1 N–H and O–H groups in total. The van der Waals surface area contributed by atoms with Gasteiger partial charge in [-0.3, -0.25) is 0 Å². The summed E-state index contributed by atoms with van der Waals surface area (Å²) >= 11 is 5.65. The van der Waals surface area contributed by atoms with E-state index in [0.29, 0.717) is 6.61 Å². The van der Waals surface area contributed by atoms with Gasteiger partial charge in [-0.05, 0) is 30.8 Å². The average molecular weight is 242 g/mol. The summed E-state index contributed by atoms with van der Waals surface area (Å²) in [6, 6.07) is 4.70. The fourth-order valence-corrected chi connectivity index (χ4v) is 1.92. The van der Waals surface area contributed by atoms with Gasteiger partial charge in [-0.15, -0.1) is 0 Å². The molecular formula is C12H13ClFNO. The van der Waals surface area contributed by atoms with E-state index >= 15 is 0 Å². The number of hydrogen-bond acceptors (Lipinski definition) is 2. The van der Waals surface area contributed by atoms with E-state index in [0.717, 1.165) is 17.7 Å². The van der Waals surface area contributed by atoms with Crippen molar-refractivity contribution in [1.29, 1.82) is 0 Å². The normalized spacial score (nSPS) is 16.8. The Balaban J connectivity index is 2.29. The largest absolute Gasteiger partial charge is 0.496 e. The van der Waals surface area contributed by atoms with Gasteiger partial charge in [0.1, 0.15) is 11.6 Å². The Morgan fingerprint density at radius 2 is 2.31 bits per heavy atom. The average Bonchev–Trinajstić information content (AvgIpc) is 2.78. The lowest BCUT2D eigenvalue weighted by Crippen LogP contribution is -2.19. The van der Waals surface area contributed by atoms with Gasteiger partial charge < -0.3 is 10.1 Å². The monoisotopic (exact) mass is 241 g/mol. The van der Waals surface area contributed by atoms with Crippen LogP contribution in [0.15, 0.2) is 30.0 Å². The molecule has 16 heavy (non-hydrogen) atoms. The molecule has 2 nitrogen and oxygen atoms in total. The molecule has 0 fully saturated rings. The molecule has 0 aliphatic carbocycles. The van der Waals surface area contributed by atoms with Crippen molar-refractivity contribution in [3.8, 4) is 0 Å². The van der Waals surface area contributed by atoms with Crippen LogP contribution in [-0.4, -0.2) is 13.7 Å². The molecule has 2 rings (SSSR count). The van der Waals surface area contributed by atoms with Crippen molar-refractivity contribution in [3.05, 3.63) is 46.4 Å². The van der Waals surface area contributed by atoms with Crippen LogP contribution in [-0.2, 0) is 4.74 Å². The molecule has 0 aromatic heterocycles. The second-order valence-electron chi connectivity index (χ2n) is 3.64. The van der Waals surface area contributed by atoms with E-state index in [9.17, 15) is 4.39 Å². The van der Waals surface area contributed by atoms with Gasteiger partial charge in [-0.1, -0.05) is 17.7 Å². The summed E-state index contributed by atoms with van der Waals surface area (Å²) in [6.45, 7) is 0.698. The maximum atomic E-state index is 13.3. The van der Waals surface area contributed by atoms with Crippen molar-refractivity contribution in [1.82, 2.24) is 5.32 Å². The minimum Gasteiger partial charge on any atom is -0.496 e. The molecule has 0 radical (unpaired) electrons. The smallest absolute Gasteiger partial charge is 0.142 e. The molecular weight excluding hydrogens is 229 g/mol. The topological polar surface area (TPSA) is 21.3 Å². The number of halogens is 2. The van der Waals surface area contributed by atoms with Crippen molar-refractivity contribution in [2.45, 2.75) is 12.5 Å². The quantitative estimate of drug-likeness (QED) is 0.878. The van der Waals surface area contributed by atoms with Crippen LogP contribution in [0.25, 0.3) is 0 Å². The molecule has 4 heteroatoms. The Morgan fingerprint density at radius 1 is 1.50 bits per heavy atom. The maximum Gasteiger partial charge on any atom is 0.142 e. The van der Waals surface area contributed by atoms with Gasteiger partial charge in [0.2, 0.25) is 0 Å². The number of ether oxygens (including phenoxy) is 1. The summed E-state index contributed by atoms with van der Waals surface area (Å²) in [5.74, 6) is 0.447. The van der Waals surface area contributed by atoms with Crippen LogP contribution in [0, 0.1) is 5.82 Å². The zero-order chi connectivity index (χ0) is 11.5. The van der Waals surface area contributed by atoms with Crippen LogP contribution < -0.4 is 5.32 Å². The fourth-order valence-electron chi connectivity index (χ4n) is 1.80. The van der Waals surface area contributed by atoms with Crippen LogP contribution in [0.5, 0.6) is 0 Å². The predicted molar refractivity (Wildman–Crippen MR) is 61.9 cm³/mol. The number of benzene rings is 1. The summed E-state index contributed by atoms with van der Waals surface area (Å²) in [7, 11) is 1.82. The molecule has 1 aliphatic heterocycles. The zero-order valence-electron chi connectivity index (χ0n) is 8.97. The highest BCUT2D eigenvalue weighted by atomic mass is 35.5. The third kappa shape index (κ3) is 2.20. The minimum atomic E-state index is -0.405. The Labute approximate surface area is 99.1 Å². The van der Waals surface area contributed by atoms with E-state index in [1.807, 2.05) is 13.1 Å². The third-order valence-corrected chi connectivity index (χ3v) is 2.89. The Bertz CT molecular complexity index is 419. The van der Waals surface area contributed by atoms with E-state index < -0.39 is 5.82 Å². The summed E-state index contributed by atoms with van der Waals surface area (Å²) in [4.78, 5) is 0. The molecule has 1 aromatic carbocycles. The molecule has 1 aromatic rings. The summed E-state index contributed by atoms with van der Waals surface area (Å²) in [5.41, 5.74) is 0.817. The third-order valence-electron chi connectivity index (χ3n) is 2.58. The van der Waals surface area contributed by atoms with Crippen LogP contribution in [0.3, 0.4) is 0 Å². The lowest BCUT2D eigenvalue weighted by atomic mass is 10.0. The van der Waals surface area contributed by atoms with Crippen molar-refractivity contribution >= 4 is 11.6 Å². The molecule has 0 saturated carbocycles. The van der Waals surface area contributed by atoms with Crippen molar-refractivity contribution in [2.24, 2.45) is 0 Å². The fraction of sp³-hybridized carbons (Fsp3) is 0.333.